The highest BCUT2D eigenvalue weighted by Gasteiger charge is 2.50. The van der Waals surface area contributed by atoms with Crippen molar-refractivity contribution in [1.82, 2.24) is 21.3 Å². The van der Waals surface area contributed by atoms with Crippen molar-refractivity contribution in [3.05, 3.63) is 145 Å². The fourth-order valence-electron chi connectivity index (χ4n) is 17.0. The van der Waals surface area contributed by atoms with Gasteiger partial charge in [0.15, 0.2) is 0 Å². The van der Waals surface area contributed by atoms with E-state index in [1.54, 1.807) is 0 Å². The van der Waals surface area contributed by atoms with Gasteiger partial charge < -0.3 is 26.0 Å². The summed E-state index contributed by atoms with van der Waals surface area (Å²) in [7, 11) is 1.46. The summed E-state index contributed by atoms with van der Waals surface area (Å²) in [6.45, 7) is 17.7. The van der Waals surface area contributed by atoms with E-state index in [1.165, 1.54) is 26.4 Å². The molecule has 4 amide bonds. The Morgan fingerprint density at radius 2 is 0.689 bits per heavy atom. The predicted molar refractivity (Wildman–Crippen MR) is 289 cm³/mol. The lowest BCUT2D eigenvalue weighted by atomic mass is 9.85. The molecule has 5 fully saturated rings. The summed E-state index contributed by atoms with van der Waals surface area (Å²) in [6.07, 6.45) is 43.4. The molecule has 6 bridgehead atoms. The molecule has 13 aliphatic rings. The minimum Gasteiger partial charge on any atom is -0.466 e. The third-order valence-electron chi connectivity index (χ3n) is 20.7. The number of allylic oxidation sites excluding steroid dienone is 15. The van der Waals surface area contributed by atoms with E-state index >= 15 is 0 Å². The van der Waals surface area contributed by atoms with E-state index in [0.717, 1.165) is 78.7 Å². The third kappa shape index (κ3) is 9.39. The Balaban J connectivity index is 0.000000127. The average molecular weight is 999 g/mol. The van der Waals surface area contributed by atoms with E-state index in [-0.39, 0.29) is 29.6 Å². The fourth-order valence-corrected chi connectivity index (χ4v) is 17.0. The molecule has 18 unspecified atom stereocenters. The Labute approximate surface area is 439 Å². The van der Waals surface area contributed by atoms with Crippen LogP contribution in [0.5, 0.6) is 0 Å². The maximum Gasteiger partial charge on any atom is 0.333 e. The second-order valence-corrected chi connectivity index (χ2v) is 24.1. The van der Waals surface area contributed by atoms with E-state index in [2.05, 4.69) is 114 Å². The number of esters is 1. The number of amides is 4. The predicted octanol–water partition coefficient (Wildman–Crippen LogP) is 9.04. The first-order valence-electron chi connectivity index (χ1n) is 28.3. The van der Waals surface area contributed by atoms with Gasteiger partial charge in [0, 0.05) is 54.0 Å². The molecule has 390 valence electrons. The Morgan fingerprint density at radius 3 is 1.00 bits per heavy atom. The van der Waals surface area contributed by atoms with Crippen LogP contribution in [-0.4, -0.2) is 62.9 Å². The summed E-state index contributed by atoms with van der Waals surface area (Å²) in [5.74, 6) is 11.3. The minimum absolute atomic E-state index is 0.0171. The van der Waals surface area contributed by atoms with Gasteiger partial charge in [-0.1, -0.05) is 91.1 Å². The van der Waals surface area contributed by atoms with Crippen molar-refractivity contribution in [2.75, 3.05) is 33.3 Å². The van der Waals surface area contributed by atoms with E-state index in [1.807, 2.05) is 24.3 Å². The highest BCUT2D eigenvalue weighted by atomic mass is 16.5. The number of nitrogens with one attached hydrogen (secondary N) is 4. The second-order valence-electron chi connectivity index (χ2n) is 24.1. The van der Waals surface area contributed by atoms with Crippen LogP contribution in [0.2, 0.25) is 0 Å². The van der Waals surface area contributed by atoms with Crippen molar-refractivity contribution in [2.24, 2.45) is 118 Å². The first kappa shape index (κ1) is 50.4. The minimum atomic E-state index is -0.126. The summed E-state index contributed by atoms with van der Waals surface area (Å²) in [5, 5.41) is 12.0. The number of methoxy groups -OCH3 is 1. The molecule has 0 saturated heterocycles. The van der Waals surface area contributed by atoms with Crippen molar-refractivity contribution >= 4 is 29.6 Å². The van der Waals surface area contributed by atoms with Crippen LogP contribution < -0.4 is 21.3 Å². The van der Waals surface area contributed by atoms with Gasteiger partial charge in [-0.05, 0) is 183 Å². The molecule has 74 heavy (non-hydrogen) atoms. The van der Waals surface area contributed by atoms with Crippen molar-refractivity contribution in [2.45, 2.75) is 64.2 Å². The SMILES string of the molecule is C=CC1CC(C=C)C2CC(C(=O)NCCNC(=O)C3=CC4C(C=C)CC(C=C)C4C3)=CC12.COC(=O)C1=CC2C3C=C[C@@H](C3)[C@@H]2C1.O=C(NCCNC(=O)C1=CC2C3C=CC(C3)C2C1)C1=CC2C3C=CC(C3)C2C1. The van der Waals surface area contributed by atoms with Gasteiger partial charge in [-0.15, -0.1) is 26.3 Å². The topological polar surface area (TPSA) is 143 Å². The first-order valence-corrected chi connectivity index (χ1v) is 28.3. The molecule has 0 aromatic heterocycles. The van der Waals surface area contributed by atoms with Gasteiger partial charge in [-0.3, -0.25) is 19.2 Å². The Kier molecular flexibility index (Phi) is 14.4. The third-order valence-corrected chi connectivity index (χ3v) is 20.7. The maximum absolute atomic E-state index is 12.7. The summed E-state index contributed by atoms with van der Waals surface area (Å²) < 4.78 is 4.76. The first-order chi connectivity index (χ1) is 36.0. The van der Waals surface area contributed by atoms with Gasteiger partial charge in [0.1, 0.15) is 0 Å². The normalized spacial score (nSPS) is 40.4. The smallest absolute Gasteiger partial charge is 0.333 e. The van der Waals surface area contributed by atoms with Crippen LogP contribution >= 0.6 is 0 Å². The van der Waals surface area contributed by atoms with Crippen LogP contribution in [0.15, 0.2) is 145 Å². The monoisotopic (exact) mass is 999 g/mol. The Bertz CT molecular complexity index is 2470. The molecule has 13 rings (SSSR count). The van der Waals surface area contributed by atoms with E-state index in [4.69, 9.17) is 4.74 Å². The molecule has 10 heteroatoms. The molecule has 5 saturated carbocycles. The zero-order valence-electron chi connectivity index (χ0n) is 43.4. The van der Waals surface area contributed by atoms with Crippen molar-refractivity contribution in [3.63, 3.8) is 0 Å². The van der Waals surface area contributed by atoms with Crippen molar-refractivity contribution < 1.29 is 28.7 Å². The molecule has 10 nitrogen and oxygen atoms in total. The van der Waals surface area contributed by atoms with Gasteiger partial charge in [0.2, 0.25) is 23.6 Å². The summed E-state index contributed by atoms with van der Waals surface area (Å²) >= 11 is 0. The highest BCUT2D eigenvalue weighted by Crippen LogP contribution is 2.57. The van der Waals surface area contributed by atoms with Gasteiger partial charge in [-0.2, -0.15) is 0 Å². The summed E-state index contributed by atoms with van der Waals surface area (Å²) in [4.78, 5) is 61.7. The molecule has 0 heterocycles. The molecule has 0 spiro atoms. The Hall–Kier alpha value is -5.77. The van der Waals surface area contributed by atoms with Crippen LogP contribution in [0, 0.1) is 118 Å². The lowest BCUT2D eigenvalue weighted by molar-refractivity contribution is -0.136. The number of carbonyl (C=O) groups excluding carboxylic acids is 5. The van der Waals surface area contributed by atoms with E-state index in [9.17, 15) is 24.0 Å². The standard InChI is InChI=1S/C28H36N2O2.C24H28N2O2.C12H14O2/c1-5-17-11-18(6-2)24-14-21(13-23(17)24)27(31)29-9-10-30-28(32)22-15-25-19(7-3)12-20(8-4)26(25)16-22;27-23(17-9-19-13-1-2-14(7-13)20(19)10-17)25-5-6-26-24(28)18-11-21-15-3-4-16(8-15)22(21)12-18;1-14-12(13)9-5-10-7-2-3-8(4-7)11(10)6-9/h5-8,13,15,17-20,23-26H,1-4,9-12,14,16H2,(H,29,31)(H,30,32);1-4,9,11,13-16,19-22H,5-8,10,12H2,(H,25,27)(H,26,28);2-3,5,7-8,10-11H,4,6H2,1H3/t;;7?,8-,10?,11-/m..0/s1. The van der Waals surface area contributed by atoms with Gasteiger partial charge in [0.25, 0.3) is 0 Å². The highest BCUT2D eigenvalue weighted by molar-refractivity contribution is 5.96. The van der Waals surface area contributed by atoms with Gasteiger partial charge in [0.05, 0.1) is 7.11 Å². The van der Waals surface area contributed by atoms with Gasteiger partial charge >= 0.3 is 5.97 Å². The largest absolute Gasteiger partial charge is 0.466 e. The molecular weight excluding hydrogens is 921 g/mol. The molecule has 0 aliphatic heterocycles. The zero-order chi connectivity index (χ0) is 51.4. The number of fused-ring (bicyclic) bond motifs is 17. The van der Waals surface area contributed by atoms with Crippen molar-refractivity contribution in [3.8, 4) is 0 Å². The Morgan fingerprint density at radius 1 is 0.405 bits per heavy atom. The van der Waals surface area contributed by atoms with Crippen LogP contribution in [-0.2, 0) is 28.7 Å². The second kappa shape index (κ2) is 21.1. The van der Waals surface area contributed by atoms with E-state index in [0.29, 0.717) is 139 Å². The zero-order valence-corrected chi connectivity index (χ0v) is 43.4. The van der Waals surface area contributed by atoms with Crippen molar-refractivity contribution in [1.29, 1.82) is 0 Å². The molecule has 0 aromatic carbocycles. The quantitative estimate of drug-likeness (QED) is 0.0733. The number of hydrogen-bond donors (Lipinski definition) is 4. The maximum atomic E-state index is 12.7. The van der Waals surface area contributed by atoms with Gasteiger partial charge in [-0.25, -0.2) is 4.79 Å². The summed E-state index contributed by atoms with van der Waals surface area (Å²) in [6, 6.07) is 0. The van der Waals surface area contributed by atoms with Crippen LogP contribution in [0.4, 0.5) is 0 Å². The number of rotatable bonds is 15. The molecular formula is C64H78N4O6. The molecule has 13 aliphatic carbocycles. The lowest BCUT2D eigenvalue weighted by Gasteiger charge is -2.19. The number of hydrogen-bond acceptors (Lipinski definition) is 6. The number of ether oxygens (including phenoxy) is 1. The molecule has 0 radical (unpaired) electrons. The number of carbonyl (C=O) groups is 5. The molecule has 0 aromatic rings. The molecule has 4 N–H and O–H groups in total. The average Bonchev–Trinajstić information content (AvgIpc) is 4.25. The molecule has 20 atom stereocenters. The van der Waals surface area contributed by atoms with Crippen LogP contribution in [0.3, 0.4) is 0 Å². The van der Waals surface area contributed by atoms with Crippen LogP contribution in [0.25, 0.3) is 0 Å². The summed E-state index contributed by atoms with van der Waals surface area (Å²) in [5.41, 5.74) is 4.54. The fraction of sp³-hybridized carbons (Fsp3) is 0.547. The van der Waals surface area contributed by atoms with E-state index < -0.39 is 0 Å². The lowest BCUT2D eigenvalue weighted by Crippen LogP contribution is -2.35. The van der Waals surface area contributed by atoms with Crippen LogP contribution in [0.1, 0.15) is 64.2 Å².